The number of benzene rings is 1. The molecule has 1 aromatic rings. The molecule has 0 saturated carbocycles. The number of hydrogen-bond acceptors (Lipinski definition) is 4. The Morgan fingerprint density at radius 1 is 1.35 bits per heavy atom. The highest BCUT2D eigenvalue weighted by Crippen LogP contribution is 2.21. The Morgan fingerprint density at radius 3 is 2.70 bits per heavy atom. The van der Waals surface area contributed by atoms with E-state index >= 15 is 0 Å². The second-order valence-corrected chi connectivity index (χ2v) is 5.66. The minimum atomic E-state index is -0.375. The molecule has 1 aromatic carbocycles. The summed E-state index contributed by atoms with van der Waals surface area (Å²) in [5.74, 6) is -0.609. The SMILES string of the molecule is O=C(CNC(=O)c1ccc(Br)cc1Cl)NC1CNNC1. The molecule has 1 aliphatic rings. The van der Waals surface area contributed by atoms with Crippen LogP contribution in [0.15, 0.2) is 22.7 Å². The van der Waals surface area contributed by atoms with E-state index in [4.69, 9.17) is 11.6 Å². The number of halogens is 2. The zero-order valence-electron chi connectivity index (χ0n) is 10.5. The van der Waals surface area contributed by atoms with E-state index in [1.54, 1.807) is 18.2 Å². The van der Waals surface area contributed by atoms with Crippen molar-refractivity contribution in [3.8, 4) is 0 Å². The number of amides is 2. The van der Waals surface area contributed by atoms with Gasteiger partial charge in [0.05, 0.1) is 23.2 Å². The number of carbonyl (C=O) groups excluding carboxylic acids is 2. The topological polar surface area (TPSA) is 82.3 Å². The first-order valence-electron chi connectivity index (χ1n) is 6.04. The monoisotopic (exact) mass is 360 g/mol. The maximum absolute atomic E-state index is 11.9. The van der Waals surface area contributed by atoms with Crippen LogP contribution in [0.25, 0.3) is 0 Å². The Kier molecular flexibility index (Phi) is 5.36. The van der Waals surface area contributed by atoms with Gasteiger partial charge in [0.1, 0.15) is 0 Å². The van der Waals surface area contributed by atoms with Crippen molar-refractivity contribution in [2.24, 2.45) is 0 Å². The summed E-state index contributed by atoms with van der Waals surface area (Å²) in [5.41, 5.74) is 6.15. The van der Waals surface area contributed by atoms with Gasteiger partial charge in [-0.2, -0.15) is 0 Å². The molecule has 0 spiro atoms. The average Bonchev–Trinajstić information content (AvgIpc) is 2.89. The fourth-order valence-electron chi connectivity index (χ4n) is 1.77. The third-order valence-corrected chi connectivity index (χ3v) is 3.58. The Morgan fingerprint density at radius 2 is 2.05 bits per heavy atom. The van der Waals surface area contributed by atoms with Gasteiger partial charge in [-0.05, 0) is 18.2 Å². The van der Waals surface area contributed by atoms with Crippen LogP contribution in [0, 0.1) is 0 Å². The van der Waals surface area contributed by atoms with Gasteiger partial charge in [-0.1, -0.05) is 27.5 Å². The molecule has 0 atom stereocenters. The van der Waals surface area contributed by atoms with Crippen LogP contribution < -0.4 is 21.5 Å². The van der Waals surface area contributed by atoms with Crippen LogP contribution in [0.4, 0.5) is 0 Å². The van der Waals surface area contributed by atoms with Crippen molar-refractivity contribution in [2.45, 2.75) is 6.04 Å². The van der Waals surface area contributed by atoms with E-state index in [0.29, 0.717) is 23.7 Å². The van der Waals surface area contributed by atoms with Crippen LogP contribution in [-0.4, -0.2) is 37.5 Å². The van der Waals surface area contributed by atoms with Crippen LogP contribution >= 0.6 is 27.5 Å². The number of carbonyl (C=O) groups is 2. The van der Waals surface area contributed by atoms with Gasteiger partial charge in [0, 0.05) is 17.6 Å². The van der Waals surface area contributed by atoms with Gasteiger partial charge in [0.2, 0.25) is 5.91 Å². The highest BCUT2D eigenvalue weighted by molar-refractivity contribution is 9.10. The lowest BCUT2D eigenvalue weighted by molar-refractivity contribution is -0.120. The van der Waals surface area contributed by atoms with Crippen molar-refractivity contribution in [1.82, 2.24) is 21.5 Å². The number of rotatable bonds is 4. The minimum absolute atomic E-state index is 0.0377. The molecule has 20 heavy (non-hydrogen) atoms. The van der Waals surface area contributed by atoms with E-state index in [9.17, 15) is 9.59 Å². The maximum atomic E-state index is 11.9. The first kappa shape index (κ1) is 15.2. The Hall–Kier alpha value is -1.15. The van der Waals surface area contributed by atoms with Crippen molar-refractivity contribution in [1.29, 1.82) is 0 Å². The molecule has 108 valence electrons. The van der Waals surface area contributed by atoms with E-state index in [0.717, 1.165) is 4.47 Å². The van der Waals surface area contributed by atoms with Crippen LogP contribution in [-0.2, 0) is 4.79 Å². The second kappa shape index (κ2) is 7.03. The molecule has 1 fully saturated rings. The zero-order valence-corrected chi connectivity index (χ0v) is 12.8. The highest BCUT2D eigenvalue weighted by atomic mass is 79.9. The molecule has 0 aromatic heterocycles. The van der Waals surface area contributed by atoms with Crippen LogP contribution in [0.1, 0.15) is 10.4 Å². The second-order valence-electron chi connectivity index (χ2n) is 4.33. The molecule has 1 aliphatic heterocycles. The van der Waals surface area contributed by atoms with Gasteiger partial charge in [-0.25, -0.2) is 0 Å². The van der Waals surface area contributed by atoms with E-state index in [2.05, 4.69) is 37.4 Å². The molecular weight excluding hydrogens is 348 g/mol. The molecule has 6 nitrogen and oxygen atoms in total. The summed E-state index contributed by atoms with van der Waals surface area (Å²) in [7, 11) is 0. The normalized spacial score (nSPS) is 15.1. The first-order valence-corrected chi connectivity index (χ1v) is 7.21. The molecule has 2 rings (SSSR count). The molecule has 0 bridgehead atoms. The van der Waals surface area contributed by atoms with Crippen LogP contribution in [0.3, 0.4) is 0 Å². The summed E-state index contributed by atoms with van der Waals surface area (Å²) in [6.45, 7) is 1.25. The Balaban J connectivity index is 1.83. The Labute approximate surface area is 129 Å². The lowest BCUT2D eigenvalue weighted by Gasteiger charge is -2.11. The van der Waals surface area contributed by atoms with Crippen molar-refractivity contribution >= 4 is 39.3 Å². The number of hydrogen-bond donors (Lipinski definition) is 4. The molecule has 0 unspecified atom stereocenters. The predicted octanol–water partition coefficient (Wildman–Crippen LogP) is 0.425. The molecule has 1 saturated heterocycles. The first-order chi connectivity index (χ1) is 9.56. The van der Waals surface area contributed by atoms with Crippen molar-refractivity contribution < 1.29 is 9.59 Å². The number of nitrogens with one attached hydrogen (secondary N) is 4. The van der Waals surface area contributed by atoms with Gasteiger partial charge in [-0.15, -0.1) is 0 Å². The largest absolute Gasteiger partial charge is 0.349 e. The fraction of sp³-hybridized carbons (Fsp3) is 0.333. The zero-order chi connectivity index (χ0) is 14.5. The van der Waals surface area contributed by atoms with Gasteiger partial charge >= 0.3 is 0 Å². The van der Waals surface area contributed by atoms with E-state index < -0.39 is 0 Å². The highest BCUT2D eigenvalue weighted by Gasteiger charge is 2.17. The molecule has 0 aliphatic carbocycles. The smallest absolute Gasteiger partial charge is 0.253 e. The number of hydrazine groups is 1. The third kappa shape index (κ3) is 4.17. The summed E-state index contributed by atoms with van der Waals surface area (Å²) in [6, 6.07) is 4.99. The average molecular weight is 362 g/mol. The van der Waals surface area contributed by atoms with Gasteiger partial charge < -0.3 is 10.6 Å². The van der Waals surface area contributed by atoms with E-state index in [1.807, 2.05) is 0 Å². The van der Waals surface area contributed by atoms with Crippen LogP contribution in [0.2, 0.25) is 5.02 Å². The molecule has 4 N–H and O–H groups in total. The summed E-state index contributed by atoms with van der Waals surface area (Å²) >= 11 is 9.23. The summed E-state index contributed by atoms with van der Waals surface area (Å²) < 4.78 is 0.790. The lowest BCUT2D eigenvalue weighted by atomic mass is 10.2. The molecule has 8 heteroatoms. The molecule has 1 heterocycles. The van der Waals surface area contributed by atoms with E-state index in [1.165, 1.54) is 0 Å². The molecule has 0 radical (unpaired) electrons. The van der Waals surface area contributed by atoms with Crippen molar-refractivity contribution in [2.75, 3.05) is 19.6 Å². The summed E-state index contributed by atoms with van der Waals surface area (Å²) in [5, 5.41) is 5.67. The molecule has 2 amide bonds. The standard InChI is InChI=1S/C12H14BrClN4O2/c13-7-1-2-9(10(14)3-7)12(20)15-6-11(19)18-8-4-16-17-5-8/h1-3,8,16-17H,4-6H2,(H,15,20)(H,18,19). The van der Waals surface area contributed by atoms with Crippen molar-refractivity contribution in [3.63, 3.8) is 0 Å². The van der Waals surface area contributed by atoms with Gasteiger partial charge in [-0.3, -0.25) is 20.4 Å². The Bertz CT molecular complexity index is 520. The lowest BCUT2D eigenvalue weighted by Crippen LogP contribution is -2.44. The van der Waals surface area contributed by atoms with Gasteiger partial charge in [0.15, 0.2) is 0 Å². The summed E-state index contributed by atoms with van der Waals surface area (Å²) in [6.07, 6.45) is 0. The van der Waals surface area contributed by atoms with E-state index in [-0.39, 0.29) is 24.4 Å². The predicted molar refractivity (Wildman–Crippen MR) is 79.4 cm³/mol. The maximum Gasteiger partial charge on any atom is 0.253 e. The summed E-state index contributed by atoms with van der Waals surface area (Å²) in [4.78, 5) is 23.6. The molecular formula is C12H14BrClN4O2. The fourth-order valence-corrected chi connectivity index (χ4v) is 2.53. The minimum Gasteiger partial charge on any atom is -0.349 e. The van der Waals surface area contributed by atoms with Gasteiger partial charge in [0.25, 0.3) is 5.91 Å². The third-order valence-electron chi connectivity index (χ3n) is 2.77. The quantitative estimate of drug-likeness (QED) is 0.627. The van der Waals surface area contributed by atoms with Crippen molar-refractivity contribution in [3.05, 3.63) is 33.3 Å². The van der Waals surface area contributed by atoms with Crippen LogP contribution in [0.5, 0.6) is 0 Å².